The van der Waals surface area contributed by atoms with Crippen LogP contribution in [0.15, 0.2) is 389 Å². The molecule has 16 aromatic carbocycles. The predicted octanol–water partition coefficient (Wildman–Crippen LogP) is 28.1. The van der Waals surface area contributed by atoms with E-state index in [1.54, 1.807) is 22.7 Å². The van der Waals surface area contributed by atoms with Gasteiger partial charge in [0, 0.05) is 97.1 Å². The Morgan fingerprint density at radius 3 is 0.772 bits per heavy atom. The average molecular weight is 1490 g/mol. The average Bonchev–Trinajstić information content (AvgIpc) is 1.60. The van der Waals surface area contributed by atoms with Gasteiger partial charge in [-0.05, 0) is 202 Å². The van der Waals surface area contributed by atoms with Crippen molar-refractivity contribution in [2.24, 2.45) is 0 Å². The van der Waals surface area contributed by atoms with Crippen LogP contribution in [-0.2, 0) is 0 Å². The van der Waals surface area contributed by atoms with Gasteiger partial charge in [0.05, 0.1) is 67.9 Å². The van der Waals surface area contributed by atoms with E-state index in [9.17, 15) is 0 Å². The smallest absolute Gasteiger partial charge is 0.143 e. The molecule has 8 aromatic heterocycles. The van der Waals surface area contributed by atoms with Gasteiger partial charge in [-0.2, -0.15) is 0 Å². The molecule has 532 valence electrons. The second kappa shape index (κ2) is 26.5. The molecule has 0 bridgehead atoms. The van der Waals surface area contributed by atoms with Gasteiger partial charge in [0.15, 0.2) is 0 Å². The highest BCUT2D eigenvalue weighted by atomic mass is 32.1. The quantitative estimate of drug-likeness (QED) is 0.137. The number of fused-ring (bicyclic) bond motifs is 18. The molecule has 0 unspecified atom stereocenters. The van der Waals surface area contributed by atoms with Crippen molar-refractivity contribution >= 4 is 151 Å². The minimum atomic E-state index is 0.870. The van der Waals surface area contributed by atoms with Crippen LogP contribution in [0.4, 0.5) is 0 Å². The summed E-state index contributed by atoms with van der Waals surface area (Å²) < 4.78 is 11.8. The molecular formula is C104H64N8S2. The topological polar surface area (TPSA) is 71.3 Å². The minimum Gasteiger partial charge on any atom is -0.309 e. The lowest BCUT2D eigenvalue weighted by molar-refractivity contribution is 1.18. The number of hydrogen-bond acceptors (Lipinski definition) is 6. The van der Waals surface area contributed by atoms with E-state index in [0.29, 0.717) is 0 Å². The maximum Gasteiger partial charge on any atom is 0.143 e. The van der Waals surface area contributed by atoms with Crippen molar-refractivity contribution in [1.82, 2.24) is 38.2 Å². The number of nitrogens with zero attached hydrogens (tertiary/aromatic N) is 8. The Morgan fingerprint density at radius 1 is 0.184 bits per heavy atom. The van der Waals surface area contributed by atoms with Crippen molar-refractivity contribution < 1.29 is 0 Å². The molecule has 0 saturated carbocycles. The van der Waals surface area contributed by atoms with Crippen LogP contribution >= 0.6 is 22.7 Å². The molecule has 24 rings (SSSR count). The number of para-hydroxylation sites is 8. The third-order valence-corrected chi connectivity index (χ3v) is 24.9. The Morgan fingerprint density at radius 2 is 0.430 bits per heavy atom. The maximum absolute atomic E-state index is 5.22. The molecule has 0 N–H and O–H groups in total. The Hall–Kier alpha value is -14.7. The summed E-state index contributed by atoms with van der Waals surface area (Å²) in [6.07, 6.45) is 3.87. The molecule has 114 heavy (non-hydrogen) atoms. The summed E-state index contributed by atoms with van der Waals surface area (Å²) in [7, 11) is 0. The molecule has 0 atom stereocenters. The lowest BCUT2D eigenvalue weighted by Gasteiger charge is -2.09. The van der Waals surface area contributed by atoms with Gasteiger partial charge in [0.1, 0.15) is 20.7 Å². The van der Waals surface area contributed by atoms with Gasteiger partial charge >= 0.3 is 0 Å². The van der Waals surface area contributed by atoms with E-state index in [1.807, 2.05) is 12.4 Å². The molecule has 0 radical (unpaired) electrons. The molecule has 0 amide bonds. The zero-order chi connectivity index (χ0) is 74.9. The first-order valence-electron chi connectivity index (χ1n) is 38.5. The molecule has 8 heterocycles. The molecule has 24 aromatic rings. The fourth-order valence-electron chi connectivity index (χ4n) is 17.5. The summed E-state index contributed by atoms with van der Waals surface area (Å²) in [4.78, 5) is 22.4. The van der Waals surface area contributed by atoms with Gasteiger partial charge in [-0.1, -0.05) is 218 Å². The summed E-state index contributed by atoms with van der Waals surface area (Å²) in [5.74, 6) is 0. The maximum atomic E-state index is 5.22. The first kappa shape index (κ1) is 65.2. The van der Waals surface area contributed by atoms with E-state index < -0.39 is 0 Å². The minimum absolute atomic E-state index is 0.870. The molecule has 0 saturated heterocycles. The number of thiophene rings is 2. The van der Waals surface area contributed by atoms with Crippen molar-refractivity contribution in [3.8, 4) is 89.8 Å². The largest absolute Gasteiger partial charge is 0.309 e. The van der Waals surface area contributed by atoms with E-state index in [1.165, 1.54) is 141 Å². The van der Waals surface area contributed by atoms with Crippen LogP contribution in [0.3, 0.4) is 0 Å². The van der Waals surface area contributed by atoms with Gasteiger partial charge in [0.2, 0.25) is 0 Å². The van der Waals surface area contributed by atoms with Gasteiger partial charge in [-0.3, -0.25) is 9.97 Å². The highest BCUT2D eigenvalue weighted by Gasteiger charge is 2.21. The van der Waals surface area contributed by atoms with Gasteiger partial charge in [0.25, 0.3) is 0 Å². The third-order valence-electron chi connectivity index (χ3n) is 22.8. The van der Waals surface area contributed by atoms with Gasteiger partial charge in [-0.25, -0.2) is 9.97 Å². The van der Waals surface area contributed by atoms with E-state index in [-0.39, 0.29) is 0 Å². The zero-order valence-corrected chi connectivity index (χ0v) is 63.0. The van der Waals surface area contributed by atoms with Crippen LogP contribution in [0.2, 0.25) is 0 Å². The van der Waals surface area contributed by atoms with E-state index in [2.05, 4.69) is 394 Å². The molecule has 0 aliphatic rings. The molecule has 0 spiro atoms. The summed E-state index contributed by atoms with van der Waals surface area (Å²) >= 11 is 3.41. The first-order chi connectivity index (χ1) is 56.5. The van der Waals surface area contributed by atoms with Crippen molar-refractivity contribution in [3.05, 3.63) is 389 Å². The van der Waals surface area contributed by atoms with E-state index in [0.717, 1.165) is 76.5 Å². The van der Waals surface area contributed by atoms with Crippen LogP contribution in [-0.4, -0.2) is 38.2 Å². The highest BCUT2D eigenvalue weighted by molar-refractivity contribution is 7.25. The van der Waals surface area contributed by atoms with Crippen LogP contribution in [0.5, 0.6) is 0 Å². The molecule has 0 aliphatic heterocycles. The number of aromatic nitrogens is 8. The van der Waals surface area contributed by atoms with Crippen LogP contribution < -0.4 is 0 Å². The molecular weight excluding hydrogens is 1430 g/mol. The summed E-state index contributed by atoms with van der Waals surface area (Å²) in [6.45, 7) is 0. The Labute approximate surface area is 662 Å². The fraction of sp³-hybridized carbons (Fsp3) is 0. The van der Waals surface area contributed by atoms with Crippen LogP contribution in [0.1, 0.15) is 0 Å². The fourth-order valence-corrected chi connectivity index (χ4v) is 19.5. The van der Waals surface area contributed by atoms with Crippen molar-refractivity contribution in [3.63, 3.8) is 0 Å². The zero-order valence-electron chi connectivity index (χ0n) is 61.3. The first-order valence-corrected chi connectivity index (χ1v) is 40.1. The van der Waals surface area contributed by atoms with Crippen LogP contribution in [0, 0.1) is 0 Å². The standard InChI is InChI=1S/C58H36N4S.C46H28N4S/c1-3-17-44(18-4-1)61-52-23-9-7-21-46(52)48-33-40(25-28-54(48)61)37-13-11-14-38(31-37)42-27-30-56-50(35-42)57-58(63-56)60-51(36-59-57)43-16-12-15-39(32-43)41-26-29-55-49(34-41)47-22-8-10-24-53(47)62(55)45-19-5-2-6-20-45;1-3-11-32(12-4-1)49-40-17-9-7-15-34(40)36-25-29(19-22-42(36)49)30-21-24-44-38(26-30)45-46(51-44)48-39(28-47-45)31-20-23-43-37(27-31)35-16-8-10-18-41(35)50(43)33-13-5-2-6-14-33/h1-36H;1-28H. The second-order valence-corrected chi connectivity index (χ2v) is 31.3. The predicted molar refractivity (Wildman–Crippen MR) is 480 cm³/mol. The van der Waals surface area contributed by atoms with Crippen molar-refractivity contribution in [2.45, 2.75) is 0 Å². The third kappa shape index (κ3) is 10.8. The molecule has 0 fully saturated rings. The SMILES string of the molecule is c1ccc(-n2c3ccccc3c3cc(-c4ccc5sc6nc(-c7ccc8c(c7)c7ccccc7n8-c7ccccc7)cnc6c5c4)ccc32)cc1.c1ccc(-n2c3ccccc3c3cc(-c4cccc(-c5ccc6sc7nc(-c8cccc(-c9ccc%10c(c9)c9ccccc9n%10-c9ccccc9)c8)cnc7c6c5)c4)ccc32)cc1. The number of hydrogen-bond donors (Lipinski definition) is 0. The van der Waals surface area contributed by atoms with Crippen LogP contribution in [0.25, 0.3) is 218 Å². The monoisotopic (exact) mass is 1490 g/mol. The van der Waals surface area contributed by atoms with Gasteiger partial charge in [-0.15, -0.1) is 22.7 Å². The lowest BCUT2D eigenvalue weighted by atomic mass is 9.97. The Balaban J connectivity index is 0.000000138. The lowest BCUT2D eigenvalue weighted by Crippen LogP contribution is -1.93. The number of benzene rings is 16. The van der Waals surface area contributed by atoms with E-state index >= 15 is 0 Å². The summed E-state index contributed by atoms with van der Waals surface area (Å²) in [5, 5.41) is 12.2. The van der Waals surface area contributed by atoms with Crippen molar-refractivity contribution in [2.75, 3.05) is 0 Å². The number of rotatable bonds is 10. The Kier molecular flexibility index (Phi) is 15.2. The summed E-state index contributed by atoms with van der Waals surface area (Å²) in [6, 6.07) is 135. The van der Waals surface area contributed by atoms with E-state index in [4.69, 9.17) is 19.9 Å². The Bertz CT molecular complexity index is 7980. The normalized spacial score (nSPS) is 11.9. The molecule has 0 aliphatic carbocycles. The molecule has 10 heteroatoms. The van der Waals surface area contributed by atoms with Gasteiger partial charge < -0.3 is 18.3 Å². The second-order valence-electron chi connectivity index (χ2n) is 29.3. The summed E-state index contributed by atoms with van der Waals surface area (Å²) in [5.41, 5.74) is 29.4. The highest BCUT2D eigenvalue weighted by Crippen LogP contribution is 2.44. The van der Waals surface area contributed by atoms with Crippen molar-refractivity contribution in [1.29, 1.82) is 0 Å². The molecule has 8 nitrogen and oxygen atoms in total.